The predicted molar refractivity (Wildman–Crippen MR) is 108 cm³/mol. The van der Waals surface area contributed by atoms with E-state index < -0.39 is 5.97 Å². The lowest BCUT2D eigenvalue weighted by atomic mass is 9.89. The van der Waals surface area contributed by atoms with E-state index in [2.05, 4.69) is 54.7 Å². The van der Waals surface area contributed by atoms with Gasteiger partial charge in [-0.15, -0.1) is 0 Å². The highest BCUT2D eigenvalue weighted by atomic mass is 16.5. The molecule has 4 heteroatoms. The second kappa shape index (κ2) is 9.56. The summed E-state index contributed by atoms with van der Waals surface area (Å²) in [6, 6.07) is 16.7. The summed E-state index contributed by atoms with van der Waals surface area (Å²) < 4.78 is 6.15. The molecule has 0 saturated heterocycles. The van der Waals surface area contributed by atoms with Crippen LogP contribution in [0.1, 0.15) is 44.6 Å². The van der Waals surface area contributed by atoms with Gasteiger partial charge in [-0.25, -0.2) is 0 Å². The number of benzene rings is 2. The first-order chi connectivity index (χ1) is 13.1. The minimum atomic E-state index is -0.777. The first-order valence-electron chi connectivity index (χ1n) is 9.88. The Bertz CT molecular complexity index is 734. The molecule has 2 aromatic carbocycles. The highest BCUT2D eigenvalue weighted by Gasteiger charge is 2.19. The normalized spacial score (nSPS) is 19.6. The summed E-state index contributed by atoms with van der Waals surface area (Å²) in [5.41, 5.74) is 3.46. The van der Waals surface area contributed by atoms with Gasteiger partial charge in [-0.2, -0.15) is 0 Å². The zero-order chi connectivity index (χ0) is 19.1. The Labute approximate surface area is 161 Å². The van der Waals surface area contributed by atoms with Crippen molar-refractivity contribution in [2.45, 2.75) is 51.7 Å². The number of ether oxygens (including phenoxy) is 1. The van der Waals surface area contributed by atoms with Crippen molar-refractivity contribution in [1.82, 2.24) is 5.32 Å². The third-order valence-corrected chi connectivity index (χ3v) is 5.23. The Balaban J connectivity index is 1.56. The molecular formula is C23H29NO3. The first-order valence-corrected chi connectivity index (χ1v) is 9.88. The molecule has 4 nitrogen and oxygen atoms in total. The minimum absolute atomic E-state index is 0.140. The van der Waals surface area contributed by atoms with Gasteiger partial charge < -0.3 is 15.2 Å². The topological polar surface area (TPSA) is 58.6 Å². The summed E-state index contributed by atoms with van der Waals surface area (Å²) in [7, 11) is 0. The fourth-order valence-electron chi connectivity index (χ4n) is 3.55. The Morgan fingerprint density at radius 2 is 1.81 bits per heavy atom. The third kappa shape index (κ3) is 6.10. The molecule has 0 unspecified atom stereocenters. The van der Waals surface area contributed by atoms with E-state index in [1.807, 2.05) is 6.07 Å². The van der Waals surface area contributed by atoms with Crippen molar-refractivity contribution >= 4 is 5.97 Å². The van der Waals surface area contributed by atoms with Crippen LogP contribution < -0.4 is 10.1 Å². The number of hydrogen-bond donors (Lipinski definition) is 2. The average molecular weight is 367 g/mol. The second-order valence-corrected chi connectivity index (χ2v) is 7.55. The van der Waals surface area contributed by atoms with Gasteiger partial charge in [0.25, 0.3) is 0 Å². The highest BCUT2D eigenvalue weighted by Crippen LogP contribution is 2.28. The quantitative estimate of drug-likeness (QED) is 0.653. The Hall–Kier alpha value is -2.33. The summed E-state index contributed by atoms with van der Waals surface area (Å²) in [4.78, 5) is 10.6. The number of aliphatic carboxylic acids is 1. The van der Waals surface area contributed by atoms with E-state index in [4.69, 9.17) is 9.84 Å². The molecule has 144 valence electrons. The van der Waals surface area contributed by atoms with Gasteiger partial charge in [0, 0.05) is 13.1 Å². The molecule has 3 rings (SSSR count). The number of rotatable bonds is 8. The molecule has 0 radical (unpaired) electrons. The van der Waals surface area contributed by atoms with Crippen LogP contribution in [-0.2, 0) is 11.3 Å². The van der Waals surface area contributed by atoms with E-state index in [0.29, 0.717) is 19.2 Å². The first kappa shape index (κ1) is 19.4. The van der Waals surface area contributed by atoms with E-state index >= 15 is 0 Å². The van der Waals surface area contributed by atoms with Crippen LogP contribution in [0.2, 0.25) is 0 Å². The van der Waals surface area contributed by atoms with Crippen molar-refractivity contribution in [3.63, 3.8) is 0 Å². The monoisotopic (exact) mass is 367 g/mol. The maximum absolute atomic E-state index is 10.6. The summed E-state index contributed by atoms with van der Waals surface area (Å²) in [6.07, 6.45) is 5.32. The van der Waals surface area contributed by atoms with E-state index in [1.165, 1.54) is 12.8 Å². The lowest BCUT2D eigenvalue weighted by Crippen LogP contribution is -2.22. The molecule has 1 aliphatic carbocycles. The SMILES string of the molecule is CC1CCC(Oc2ccc(-c3cccc(CNCCC(=O)O)c3)cc2)CC1. The van der Waals surface area contributed by atoms with Crippen molar-refractivity contribution in [3.8, 4) is 16.9 Å². The lowest BCUT2D eigenvalue weighted by molar-refractivity contribution is -0.136. The minimum Gasteiger partial charge on any atom is -0.490 e. The summed E-state index contributed by atoms with van der Waals surface area (Å²) in [5, 5.41) is 11.9. The summed E-state index contributed by atoms with van der Waals surface area (Å²) in [6.45, 7) is 3.47. The maximum atomic E-state index is 10.6. The number of nitrogens with one attached hydrogen (secondary N) is 1. The van der Waals surface area contributed by atoms with Crippen molar-refractivity contribution in [2.24, 2.45) is 5.92 Å². The van der Waals surface area contributed by atoms with Crippen molar-refractivity contribution in [1.29, 1.82) is 0 Å². The van der Waals surface area contributed by atoms with Crippen LogP contribution in [0.4, 0.5) is 0 Å². The molecule has 0 aliphatic heterocycles. The van der Waals surface area contributed by atoms with Crippen LogP contribution in [0.25, 0.3) is 11.1 Å². The molecule has 0 heterocycles. The molecule has 0 amide bonds. The van der Waals surface area contributed by atoms with Gasteiger partial charge in [0.2, 0.25) is 0 Å². The Morgan fingerprint density at radius 3 is 2.52 bits per heavy atom. The third-order valence-electron chi connectivity index (χ3n) is 5.23. The van der Waals surface area contributed by atoms with E-state index in [-0.39, 0.29) is 6.42 Å². The van der Waals surface area contributed by atoms with E-state index in [1.54, 1.807) is 0 Å². The van der Waals surface area contributed by atoms with Crippen LogP contribution in [0.5, 0.6) is 5.75 Å². The molecule has 27 heavy (non-hydrogen) atoms. The van der Waals surface area contributed by atoms with Crippen molar-refractivity contribution in [2.75, 3.05) is 6.54 Å². The number of hydrogen-bond acceptors (Lipinski definition) is 3. The fourth-order valence-corrected chi connectivity index (χ4v) is 3.55. The van der Waals surface area contributed by atoms with Crippen molar-refractivity contribution < 1.29 is 14.6 Å². The van der Waals surface area contributed by atoms with Crippen LogP contribution in [0, 0.1) is 5.92 Å². The second-order valence-electron chi connectivity index (χ2n) is 7.55. The molecule has 1 saturated carbocycles. The molecule has 1 aliphatic rings. The van der Waals surface area contributed by atoms with Gasteiger partial charge in [-0.05, 0) is 66.5 Å². The molecule has 0 bridgehead atoms. The molecule has 0 aromatic heterocycles. The molecule has 1 fully saturated rings. The van der Waals surface area contributed by atoms with Crippen molar-refractivity contribution in [3.05, 3.63) is 54.1 Å². The van der Waals surface area contributed by atoms with Crippen LogP contribution in [0.15, 0.2) is 48.5 Å². The largest absolute Gasteiger partial charge is 0.490 e. The highest BCUT2D eigenvalue weighted by molar-refractivity contribution is 5.67. The molecule has 2 N–H and O–H groups in total. The maximum Gasteiger partial charge on any atom is 0.304 e. The predicted octanol–water partition coefficient (Wildman–Crippen LogP) is 4.88. The zero-order valence-electron chi connectivity index (χ0n) is 16.0. The smallest absolute Gasteiger partial charge is 0.304 e. The van der Waals surface area contributed by atoms with E-state index in [0.717, 1.165) is 41.2 Å². The van der Waals surface area contributed by atoms with Crippen LogP contribution in [-0.4, -0.2) is 23.7 Å². The molecule has 0 atom stereocenters. The van der Waals surface area contributed by atoms with Gasteiger partial charge in [-0.1, -0.05) is 37.3 Å². The van der Waals surface area contributed by atoms with Gasteiger partial charge in [0.05, 0.1) is 12.5 Å². The molecular weight excluding hydrogens is 338 g/mol. The number of carbonyl (C=O) groups is 1. The van der Waals surface area contributed by atoms with Crippen LogP contribution >= 0.6 is 0 Å². The van der Waals surface area contributed by atoms with Gasteiger partial charge in [-0.3, -0.25) is 4.79 Å². The number of carboxylic acids is 1. The average Bonchev–Trinajstić information content (AvgIpc) is 2.68. The van der Waals surface area contributed by atoms with Gasteiger partial charge in [0.1, 0.15) is 5.75 Å². The Morgan fingerprint density at radius 1 is 1.07 bits per heavy atom. The van der Waals surface area contributed by atoms with Gasteiger partial charge >= 0.3 is 5.97 Å². The summed E-state index contributed by atoms with van der Waals surface area (Å²) in [5.74, 6) is 1.00. The van der Waals surface area contributed by atoms with Gasteiger partial charge in [0.15, 0.2) is 0 Å². The van der Waals surface area contributed by atoms with Crippen LogP contribution in [0.3, 0.4) is 0 Å². The zero-order valence-corrected chi connectivity index (χ0v) is 16.0. The molecule has 2 aromatic rings. The lowest BCUT2D eigenvalue weighted by Gasteiger charge is -2.26. The Kier molecular flexibility index (Phi) is 6.88. The standard InChI is InChI=1S/C23H29NO3/c1-17-5-9-21(10-6-17)27-22-11-7-19(8-12-22)20-4-2-3-18(15-20)16-24-14-13-23(25)26/h2-4,7-8,11-12,15,17,21,24H,5-6,9-10,13-14,16H2,1H3,(H,25,26). The van der Waals surface area contributed by atoms with E-state index in [9.17, 15) is 4.79 Å². The number of carboxylic acid groups (broad SMARTS) is 1. The summed E-state index contributed by atoms with van der Waals surface area (Å²) >= 11 is 0. The molecule has 0 spiro atoms. The fraction of sp³-hybridized carbons (Fsp3) is 0.435.